The lowest BCUT2D eigenvalue weighted by Gasteiger charge is -2.29. The number of carboxylic acid groups (broad SMARTS) is 1. The predicted octanol–water partition coefficient (Wildman–Crippen LogP) is 5.55. The second kappa shape index (κ2) is 9.41. The number of carbonyl (C=O) groups is 2. The number of pyridine rings is 1. The molecule has 1 aromatic heterocycles. The Labute approximate surface area is 197 Å². The Morgan fingerprint density at radius 2 is 1.82 bits per heavy atom. The minimum absolute atomic E-state index is 0.0111. The van der Waals surface area contributed by atoms with Crippen molar-refractivity contribution >= 4 is 22.6 Å². The van der Waals surface area contributed by atoms with Gasteiger partial charge in [0, 0.05) is 17.0 Å². The highest BCUT2D eigenvalue weighted by molar-refractivity contribution is 6.10. The van der Waals surface area contributed by atoms with Crippen LogP contribution in [0.4, 0.5) is 4.39 Å². The largest absolute Gasteiger partial charge is 0.508 e. The Bertz CT molecular complexity index is 1270. The van der Waals surface area contributed by atoms with Crippen molar-refractivity contribution in [2.24, 2.45) is 5.92 Å². The maximum atomic E-state index is 14.0. The molecule has 4 rings (SSSR count). The molecule has 0 spiro atoms. The minimum atomic E-state index is -0.912. The summed E-state index contributed by atoms with van der Waals surface area (Å²) in [7, 11) is 0. The molecule has 1 heterocycles. The molecule has 6 nitrogen and oxygen atoms in total. The normalized spacial score (nSPS) is 18.3. The second-order valence-corrected chi connectivity index (χ2v) is 9.38. The Hall–Kier alpha value is -3.48. The number of carbonyl (C=O) groups excluding carboxylic acids is 1. The van der Waals surface area contributed by atoms with Crippen molar-refractivity contribution in [2.45, 2.75) is 58.4 Å². The highest BCUT2D eigenvalue weighted by Gasteiger charge is 2.33. The zero-order valence-electron chi connectivity index (χ0n) is 19.6. The maximum absolute atomic E-state index is 14.0. The Morgan fingerprint density at radius 3 is 2.50 bits per heavy atom. The van der Waals surface area contributed by atoms with Crippen LogP contribution in [-0.4, -0.2) is 33.1 Å². The van der Waals surface area contributed by atoms with E-state index in [2.05, 4.69) is 5.32 Å². The van der Waals surface area contributed by atoms with E-state index in [1.54, 1.807) is 31.2 Å². The van der Waals surface area contributed by atoms with Gasteiger partial charge in [-0.05, 0) is 72.5 Å². The summed E-state index contributed by atoms with van der Waals surface area (Å²) in [5.74, 6) is -2.37. The van der Waals surface area contributed by atoms with Crippen LogP contribution in [0.25, 0.3) is 21.9 Å². The SMILES string of the molecule is Cc1cc(-c2c(C(C)C)nc(C(=O)N[C@@H]3CCCC[C@H]3C(=O)O)c3cc(O)ccc23)ccc1F. The van der Waals surface area contributed by atoms with Gasteiger partial charge in [0.05, 0.1) is 11.6 Å². The van der Waals surface area contributed by atoms with Crippen molar-refractivity contribution in [2.75, 3.05) is 0 Å². The molecule has 2 aromatic carbocycles. The molecule has 178 valence electrons. The summed E-state index contributed by atoms with van der Waals surface area (Å²) >= 11 is 0. The number of aryl methyl sites for hydroxylation is 1. The van der Waals surface area contributed by atoms with Crippen molar-refractivity contribution < 1.29 is 24.2 Å². The number of benzene rings is 2. The van der Waals surface area contributed by atoms with Crippen LogP contribution in [0.1, 0.15) is 67.2 Å². The molecule has 0 unspecified atom stereocenters. The van der Waals surface area contributed by atoms with Crippen molar-refractivity contribution in [1.82, 2.24) is 10.3 Å². The van der Waals surface area contributed by atoms with Crippen molar-refractivity contribution in [1.29, 1.82) is 0 Å². The molecule has 2 atom stereocenters. The summed E-state index contributed by atoms with van der Waals surface area (Å²) in [6.45, 7) is 5.63. The lowest BCUT2D eigenvalue weighted by Crippen LogP contribution is -2.45. The Morgan fingerprint density at radius 1 is 1.09 bits per heavy atom. The third-order valence-corrected chi connectivity index (χ3v) is 6.62. The van der Waals surface area contributed by atoms with Gasteiger partial charge in [-0.15, -0.1) is 0 Å². The topological polar surface area (TPSA) is 99.5 Å². The fourth-order valence-corrected chi connectivity index (χ4v) is 4.85. The third kappa shape index (κ3) is 4.47. The van der Waals surface area contributed by atoms with E-state index in [1.165, 1.54) is 12.1 Å². The fraction of sp³-hybridized carbons (Fsp3) is 0.370. The second-order valence-electron chi connectivity index (χ2n) is 9.38. The number of fused-ring (bicyclic) bond motifs is 1. The first-order valence-electron chi connectivity index (χ1n) is 11.6. The van der Waals surface area contributed by atoms with Crippen LogP contribution in [-0.2, 0) is 4.79 Å². The van der Waals surface area contributed by atoms with Gasteiger partial charge in [-0.1, -0.05) is 32.8 Å². The molecule has 0 bridgehead atoms. The number of aromatic hydroxyl groups is 1. The summed E-state index contributed by atoms with van der Waals surface area (Å²) in [5.41, 5.74) is 2.87. The van der Waals surface area contributed by atoms with Gasteiger partial charge in [-0.3, -0.25) is 9.59 Å². The average molecular weight is 465 g/mol. The zero-order valence-corrected chi connectivity index (χ0v) is 19.6. The number of carboxylic acids is 1. The average Bonchev–Trinajstić information content (AvgIpc) is 2.79. The molecule has 3 aromatic rings. The summed E-state index contributed by atoms with van der Waals surface area (Å²) in [4.78, 5) is 29.9. The summed E-state index contributed by atoms with van der Waals surface area (Å²) in [5, 5.41) is 23.9. The van der Waals surface area contributed by atoms with Gasteiger partial charge >= 0.3 is 5.97 Å². The number of rotatable bonds is 5. The molecule has 34 heavy (non-hydrogen) atoms. The van der Waals surface area contributed by atoms with Gasteiger partial charge in [-0.2, -0.15) is 0 Å². The predicted molar refractivity (Wildman–Crippen MR) is 128 cm³/mol. The van der Waals surface area contributed by atoms with Crippen molar-refractivity contribution in [3.63, 3.8) is 0 Å². The molecule has 1 aliphatic carbocycles. The standard InChI is InChI=1S/C27H29FN2O4/c1-14(2)24-23(16-8-11-21(28)15(3)12-16)18-10-9-17(31)13-20(18)25(30-24)26(32)29-22-7-5-4-6-19(22)27(33)34/h8-14,19,22,31H,4-7H2,1-3H3,(H,29,32)(H,33,34)/t19-,22-/m1/s1. The smallest absolute Gasteiger partial charge is 0.308 e. The first-order valence-corrected chi connectivity index (χ1v) is 11.6. The van der Waals surface area contributed by atoms with Crippen molar-refractivity contribution in [3.8, 4) is 16.9 Å². The molecule has 0 aliphatic heterocycles. The highest BCUT2D eigenvalue weighted by Crippen LogP contribution is 2.38. The van der Waals surface area contributed by atoms with Crippen molar-refractivity contribution in [3.05, 3.63) is 59.2 Å². The molecular formula is C27H29FN2O4. The number of aromatic nitrogens is 1. The van der Waals surface area contributed by atoms with Gasteiger partial charge in [-0.25, -0.2) is 9.37 Å². The molecule has 0 radical (unpaired) electrons. The third-order valence-electron chi connectivity index (χ3n) is 6.62. The molecule has 0 saturated heterocycles. The van der Waals surface area contributed by atoms with Crippen LogP contribution >= 0.6 is 0 Å². The zero-order chi connectivity index (χ0) is 24.6. The van der Waals surface area contributed by atoms with E-state index in [9.17, 15) is 24.2 Å². The monoisotopic (exact) mass is 464 g/mol. The van der Waals surface area contributed by atoms with E-state index >= 15 is 0 Å². The molecule has 1 amide bonds. The van der Waals surface area contributed by atoms with E-state index in [0.717, 1.165) is 24.0 Å². The first-order chi connectivity index (χ1) is 16.2. The number of amides is 1. The van der Waals surface area contributed by atoms with E-state index in [1.807, 2.05) is 13.8 Å². The number of phenolic OH excluding ortho intramolecular Hbond substituents is 1. The summed E-state index contributed by atoms with van der Waals surface area (Å²) in [6, 6.07) is 9.17. The summed E-state index contributed by atoms with van der Waals surface area (Å²) in [6.07, 6.45) is 2.79. The summed E-state index contributed by atoms with van der Waals surface area (Å²) < 4.78 is 14.0. The minimum Gasteiger partial charge on any atom is -0.508 e. The number of nitrogens with zero attached hydrogens (tertiary/aromatic N) is 1. The number of nitrogens with one attached hydrogen (secondary N) is 1. The number of hydrogen-bond donors (Lipinski definition) is 3. The Kier molecular flexibility index (Phi) is 6.55. The van der Waals surface area contributed by atoms with E-state index in [-0.39, 0.29) is 23.2 Å². The number of halogens is 1. The van der Waals surface area contributed by atoms with Gasteiger partial charge in [0.2, 0.25) is 0 Å². The molecule has 3 N–H and O–H groups in total. The van der Waals surface area contributed by atoms with Crippen LogP contribution in [0.5, 0.6) is 5.75 Å². The van der Waals surface area contributed by atoms with E-state index < -0.39 is 23.8 Å². The Balaban J connectivity index is 1.88. The quantitative estimate of drug-likeness (QED) is 0.460. The molecule has 1 fully saturated rings. The van der Waals surface area contributed by atoms with Gasteiger partial charge in [0.1, 0.15) is 17.3 Å². The molecule has 1 saturated carbocycles. The lowest BCUT2D eigenvalue weighted by molar-refractivity contribution is -0.143. The maximum Gasteiger partial charge on any atom is 0.308 e. The van der Waals surface area contributed by atoms with Crippen LogP contribution in [0, 0.1) is 18.7 Å². The lowest BCUT2D eigenvalue weighted by atomic mass is 9.84. The molecular weight excluding hydrogens is 435 g/mol. The highest BCUT2D eigenvalue weighted by atomic mass is 19.1. The first kappa shape index (κ1) is 23.7. The van der Waals surface area contributed by atoms with Crippen LogP contribution in [0.2, 0.25) is 0 Å². The van der Waals surface area contributed by atoms with E-state index in [0.29, 0.717) is 34.9 Å². The van der Waals surface area contributed by atoms with Gasteiger partial charge < -0.3 is 15.5 Å². The van der Waals surface area contributed by atoms with E-state index in [4.69, 9.17) is 4.98 Å². The van der Waals surface area contributed by atoms with Crippen LogP contribution in [0.3, 0.4) is 0 Å². The number of phenols is 1. The fourth-order valence-electron chi connectivity index (χ4n) is 4.85. The van der Waals surface area contributed by atoms with Crippen LogP contribution in [0.15, 0.2) is 36.4 Å². The number of aliphatic carboxylic acids is 1. The number of hydrogen-bond acceptors (Lipinski definition) is 4. The van der Waals surface area contributed by atoms with Gasteiger partial charge in [0.15, 0.2) is 0 Å². The molecule has 1 aliphatic rings. The van der Waals surface area contributed by atoms with Gasteiger partial charge in [0.25, 0.3) is 5.91 Å². The molecule has 7 heteroatoms. The van der Waals surface area contributed by atoms with Crippen LogP contribution < -0.4 is 5.32 Å².